The predicted octanol–water partition coefficient (Wildman–Crippen LogP) is 3.90. The van der Waals surface area contributed by atoms with Crippen molar-refractivity contribution >= 4 is 21.7 Å². The number of alkyl halides is 3. The lowest BCUT2D eigenvalue weighted by Gasteiger charge is -2.35. The summed E-state index contributed by atoms with van der Waals surface area (Å²) >= 11 is 0. The van der Waals surface area contributed by atoms with E-state index in [9.17, 15) is 26.4 Å². The van der Waals surface area contributed by atoms with Crippen LogP contribution in [0.5, 0.6) is 5.75 Å². The molecule has 3 aliphatic rings. The molecule has 0 unspecified atom stereocenters. The van der Waals surface area contributed by atoms with Crippen LogP contribution >= 0.6 is 0 Å². The molecule has 0 radical (unpaired) electrons. The number of carbonyl (C=O) groups excluding carboxylic acids is 1. The van der Waals surface area contributed by atoms with E-state index in [4.69, 9.17) is 4.74 Å². The Bertz CT molecular complexity index is 1290. The normalized spacial score (nSPS) is 21.3. The lowest BCUT2D eigenvalue weighted by molar-refractivity contribution is -0.136. The summed E-state index contributed by atoms with van der Waals surface area (Å²) in [7, 11) is -3.62. The van der Waals surface area contributed by atoms with Gasteiger partial charge in [0.15, 0.2) is 5.82 Å². The van der Waals surface area contributed by atoms with Gasteiger partial charge in [-0.15, -0.1) is 0 Å². The van der Waals surface area contributed by atoms with Crippen molar-refractivity contribution in [2.45, 2.75) is 69.6 Å². The standard InChI is InChI=1S/C24H29F3N4O4S/c1-36(33,34)30-21-20-19(29-31(21)11-8-15-3-4-15)14-23(28-22(20)32)10-7-16-13-17(5-6-18(16)23)35-12-2-9-24(25,26)27/h5-6,13,15,30H,2-4,7-12,14H2,1H3,(H,28,32)/t23-/m0/s1. The van der Waals surface area contributed by atoms with Crippen LogP contribution in [0.25, 0.3) is 0 Å². The average molecular weight is 527 g/mol. The first kappa shape index (κ1) is 24.9. The Labute approximate surface area is 207 Å². The molecule has 1 aromatic carbocycles. The molecule has 196 valence electrons. The number of benzene rings is 1. The third-order valence-electron chi connectivity index (χ3n) is 7.09. The summed E-state index contributed by atoms with van der Waals surface area (Å²) in [4.78, 5) is 13.3. The maximum Gasteiger partial charge on any atom is 0.389 e. The van der Waals surface area contributed by atoms with Crippen molar-refractivity contribution in [1.82, 2.24) is 15.1 Å². The summed E-state index contributed by atoms with van der Waals surface area (Å²) in [5, 5.41) is 7.79. The van der Waals surface area contributed by atoms with Gasteiger partial charge in [0.05, 0.1) is 24.1 Å². The lowest BCUT2D eigenvalue weighted by atomic mass is 9.83. The first-order valence-corrected chi connectivity index (χ1v) is 14.0. The van der Waals surface area contributed by atoms with Crippen LogP contribution in [0.3, 0.4) is 0 Å². The van der Waals surface area contributed by atoms with Crippen molar-refractivity contribution in [2.75, 3.05) is 17.6 Å². The molecule has 12 heteroatoms. The van der Waals surface area contributed by atoms with Crippen molar-refractivity contribution in [3.05, 3.63) is 40.6 Å². The molecule has 1 spiro atoms. The van der Waals surface area contributed by atoms with Crippen molar-refractivity contribution in [2.24, 2.45) is 5.92 Å². The van der Waals surface area contributed by atoms with Crippen molar-refractivity contribution < 1.29 is 31.1 Å². The lowest BCUT2D eigenvalue weighted by Crippen LogP contribution is -2.49. The van der Waals surface area contributed by atoms with E-state index < -0.39 is 28.2 Å². The third-order valence-corrected chi connectivity index (χ3v) is 7.65. The van der Waals surface area contributed by atoms with Gasteiger partial charge in [-0.3, -0.25) is 9.52 Å². The molecule has 1 atom stereocenters. The SMILES string of the molecule is CS(=O)(=O)Nc1c2c(nn1CCC1CC1)C[C@]1(CCc3cc(OCCCC(F)(F)F)ccc31)NC2=O. The highest BCUT2D eigenvalue weighted by molar-refractivity contribution is 7.92. The molecular formula is C24H29F3N4O4S. The fourth-order valence-electron chi connectivity index (χ4n) is 5.23. The molecule has 2 N–H and O–H groups in total. The molecule has 0 bridgehead atoms. The highest BCUT2D eigenvalue weighted by Crippen LogP contribution is 2.44. The Balaban J connectivity index is 1.37. The van der Waals surface area contributed by atoms with Crippen LogP contribution in [0.15, 0.2) is 18.2 Å². The summed E-state index contributed by atoms with van der Waals surface area (Å²) in [6.45, 7) is 0.499. The van der Waals surface area contributed by atoms with E-state index in [0.717, 1.165) is 36.6 Å². The van der Waals surface area contributed by atoms with Gasteiger partial charge < -0.3 is 10.1 Å². The molecule has 2 aliphatic carbocycles. The number of rotatable bonds is 9. The molecule has 36 heavy (non-hydrogen) atoms. The number of aromatic nitrogens is 2. The number of hydrogen-bond acceptors (Lipinski definition) is 5. The van der Waals surface area contributed by atoms with E-state index in [2.05, 4.69) is 15.1 Å². The summed E-state index contributed by atoms with van der Waals surface area (Å²) in [5.41, 5.74) is 2.04. The molecule has 1 fully saturated rings. The number of nitrogens with zero attached hydrogens (tertiary/aromatic N) is 2. The highest BCUT2D eigenvalue weighted by Gasteiger charge is 2.46. The Morgan fingerprint density at radius 1 is 1.31 bits per heavy atom. The maximum atomic E-state index is 13.3. The maximum absolute atomic E-state index is 13.3. The minimum Gasteiger partial charge on any atom is -0.494 e. The molecule has 2 heterocycles. The van der Waals surface area contributed by atoms with E-state index in [1.165, 1.54) is 0 Å². The van der Waals surface area contributed by atoms with Crippen LogP contribution < -0.4 is 14.8 Å². The predicted molar refractivity (Wildman–Crippen MR) is 126 cm³/mol. The smallest absolute Gasteiger partial charge is 0.389 e. The van der Waals surface area contributed by atoms with Crippen LogP contribution in [0.4, 0.5) is 19.0 Å². The zero-order valence-corrected chi connectivity index (χ0v) is 20.8. The molecule has 0 saturated heterocycles. The van der Waals surface area contributed by atoms with Crippen LogP contribution in [0.2, 0.25) is 0 Å². The van der Waals surface area contributed by atoms with Gasteiger partial charge in [-0.25, -0.2) is 13.1 Å². The number of nitrogens with one attached hydrogen (secondary N) is 2. The number of fused-ring (bicyclic) bond motifs is 3. The third kappa shape index (κ3) is 5.33. The van der Waals surface area contributed by atoms with E-state index in [1.54, 1.807) is 10.7 Å². The quantitative estimate of drug-likeness (QED) is 0.483. The van der Waals surface area contributed by atoms with E-state index in [-0.39, 0.29) is 30.3 Å². The van der Waals surface area contributed by atoms with Gasteiger partial charge in [-0.05, 0) is 54.9 Å². The summed E-state index contributed by atoms with van der Waals surface area (Å²) in [6.07, 6.45) is 0.755. The van der Waals surface area contributed by atoms with Gasteiger partial charge in [-0.2, -0.15) is 18.3 Å². The summed E-state index contributed by atoms with van der Waals surface area (Å²) in [6, 6.07) is 5.39. The monoisotopic (exact) mass is 526 g/mol. The van der Waals surface area contributed by atoms with Gasteiger partial charge in [0.2, 0.25) is 10.0 Å². The zero-order valence-electron chi connectivity index (χ0n) is 20.0. The molecule has 1 amide bonds. The minimum atomic E-state index is -4.20. The highest BCUT2D eigenvalue weighted by atomic mass is 32.2. The number of halogens is 3. The average Bonchev–Trinajstić information content (AvgIpc) is 3.46. The fourth-order valence-corrected chi connectivity index (χ4v) is 5.79. The molecule has 1 aliphatic heterocycles. The molecule has 1 aromatic heterocycles. The molecular weight excluding hydrogens is 497 g/mol. The Hall–Kier alpha value is -2.76. The van der Waals surface area contributed by atoms with Gasteiger partial charge in [0, 0.05) is 19.4 Å². The van der Waals surface area contributed by atoms with Crippen LogP contribution in [0.1, 0.15) is 65.7 Å². The number of aryl methyl sites for hydroxylation is 2. The van der Waals surface area contributed by atoms with Crippen molar-refractivity contribution in [1.29, 1.82) is 0 Å². The van der Waals surface area contributed by atoms with Crippen molar-refractivity contribution in [3.8, 4) is 5.75 Å². The second-order valence-electron chi connectivity index (χ2n) is 10.1. The molecule has 5 rings (SSSR count). The fraction of sp³-hybridized carbons (Fsp3) is 0.583. The largest absolute Gasteiger partial charge is 0.494 e. The van der Waals surface area contributed by atoms with Crippen molar-refractivity contribution in [3.63, 3.8) is 0 Å². The zero-order chi connectivity index (χ0) is 25.7. The van der Waals surface area contributed by atoms with E-state index >= 15 is 0 Å². The first-order chi connectivity index (χ1) is 16.9. The van der Waals surface area contributed by atoms with Crippen LogP contribution in [-0.2, 0) is 34.9 Å². The van der Waals surface area contributed by atoms with E-state index in [0.29, 0.717) is 43.2 Å². The number of ether oxygens (including phenoxy) is 1. The molecule has 1 saturated carbocycles. The second-order valence-corrected chi connectivity index (χ2v) is 11.8. The Morgan fingerprint density at radius 3 is 2.78 bits per heavy atom. The number of amides is 1. The second kappa shape index (κ2) is 8.97. The Kier molecular flexibility index (Phi) is 6.20. The van der Waals surface area contributed by atoms with Gasteiger partial charge in [-0.1, -0.05) is 18.9 Å². The molecule has 8 nitrogen and oxygen atoms in total. The summed E-state index contributed by atoms with van der Waals surface area (Å²) < 4.78 is 70.8. The number of sulfonamides is 1. The van der Waals surface area contributed by atoms with Gasteiger partial charge in [0.25, 0.3) is 5.91 Å². The first-order valence-electron chi connectivity index (χ1n) is 12.2. The summed E-state index contributed by atoms with van der Waals surface area (Å²) in [5.74, 6) is 0.950. The van der Waals surface area contributed by atoms with Crippen LogP contribution in [-0.4, -0.2) is 43.1 Å². The number of carbonyl (C=O) groups is 1. The number of hydrogen-bond donors (Lipinski definition) is 2. The number of anilines is 1. The van der Waals surface area contributed by atoms with Gasteiger partial charge >= 0.3 is 6.18 Å². The topological polar surface area (TPSA) is 102 Å². The molecule has 2 aromatic rings. The van der Waals surface area contributed by atoms with Gasteiger partial charge in [0.1, 0.15) is 11.3 Å². The minimum absolute atomic E-state index is 0.0298. The Morgan fingerprint density at radius 2 is 2.08 bits per heavy atom. The van der Waals surface area contributed by atoms with Crippen LogP contribution in [0, 0.1) is 5.92 Å². The van der Waals surface area contributed by atoms with E-state index in [1.807, 2.05) is 12.1 Å².